The van der Waals surface area contributed by atoms with Crippen molar-refractivity contribution >= 4 is 163 Å². The molecule has 3 aromatic carbocycles. The number of aromatic nitrogens is 4. The number of nitrogens with zero attached hydrogens (tertiary/aromatic N) is 6. The summed E-state index contributed by atoms with van der Waals surface area (Å²) in [5.74, 6) is -24.0. The van der Waals surface area contributed by atoms with Gasteiger partial charge in [-0.25, -0.2) is 9.97 Å². The molecule has 7 amide bonds. The van der Waals surface area contributed by atoms with Gasteiger partial charge in [0.25, 0.3) is 35.4 Å². The highest BCUT2D eigenvalue weighted by Gasteiger charge is 2.31. The lowest BCUT2D eigenvalue weighted by Crippen LogP contribution is -2.40. The standard InChI is InChI=1S/C74H69N11O25/c1-7-47-34(3)51-22-52-36(5)49(57(80-52)25-58-50(10-12-60(87)88)37(6)54(81-58)24-56-48(8-2)35(4)53(79-56)23-55(47)78-51)9-11-59(86)75-44-16-38(69(105)76-45-18-40(71(107)82(26-61(89)90)27-62(91)92)14-41(19-45)72(108)83(28-63(93)94)29-64(95)96)13-39(17-44)70(106)77-46-20-42(73(109)84(30-65(97)98)31-66(99)100)15-43(21-46)74(110)85(32-67(101)102)33-68(103)104/h7-8,13-25,79-80H,1-2,9-12,26-33H2,3-6H3,(H,75,86)(H,76,105)(H,77,106)(H,87,88)(H,89,90)(H,91,92)(H,93,94)(H,95,96)(H,97,98)(H,99,100)(H,101,102)(H,103,104). The van der Waals surface area contributed by atoms with Crippen LogP contribution in [0.3, 0.4) is 0 Å². The molecule has 570 valence electrons. The van der Waals surface area contributed by atoms with E-state index in [1.807, 2.05) is 26.0 Å². The van der Waals surface area contributed by atoms with Crippen LogP contribution in [0.25, 0.3) is 50.4 Å². The maximum absolute atomic E-state index is 14.9. The number of carbonyl (C=O) groups excluding carboxylic acids is 7. The predicted molar refractivity (Wildman–Crippen MR) is 389 cm³/mol. The smallest absolute Gasteiger partial charge is 0.323 e. The molecule has 0 aliphatic carbocycles. The van der Waals surface area contributed by atoms with E-state index in [1.165, 1.54) is 0 Å². The van der Waals surface area contributed by atoms with Gasteiger partial charge in [0, 0.05) is 96.5 Å². The van der Waals surface area contributed by atoms with Crippen LogP contribution in [0.2, 0.25) is 0 Å². The number of aromatic amines is 2. The van der Waals surface area contributed by atoms with E-state index in [1.54, 1.807) is 38.1 Å². The molecule has 5 heterocycles. The second kappa shape index (κ2) is 34.5. The summed E-state index contributed by atoms with van der Waals surface area (Å²) >= 11 is 0. The molecule has 8 rings (SSSR count). The van der Waals surface area contributed by atoms with E-state index >= 15 is 0 Å². The molecule has 0 fully saturated rings. The normalized spacial score (nSPS) is 11.5. The number of hydrogen-bond donors (Lipinski definition) is 14. The fourth-order valence-corrected chi connectivity index (χ4v) is 12.1. The van der Waals surface area contributed by atoms with Crippen LogP contribution in [0.15, 0.2) is 98.1 Å². The van der Waals surface area contributed by atoms with Crippen LogP contribution in [-0.2, 0) is 54.4 Å². The van der Waals surface area contributed by atoms with Crippen molar-refractivity contribution < 1.29 is 123 Å². The third-order valence-electron chi connectivity index (χ3n) is 17.1. The van der Waals surface area contributed by atoms with E-state index < -0.39 is 199 Å². The summed E-state index contributed by atoms with van der Waals surface area (Å²) in [7, 11) is 0. The van der Waals surface area contributed by atoms with Crippen molar-refractivity contribution in [3.8, 4) is 0 Å². The molecule has 14 N–H and O–H groups in total. The molecular formula is C74H69N11O25. The number of carboxylic acids is 9. The number of rotatable bonds is 33. The zero-order valence-corrected chi connectivity index (χ0v) is 58.8. The number of anilines is 3. The fourth-order valence-electron chi connectivity index (χ4n) is 12.1. The van der Waals surface area contributed by atoms with Crippen LogP contribution in [-0.4, -0.2) is 233 Å². The van der Waals surface area contributed by atoms with Gasteiger partial charge in [0.2, 0.25) is 5.91 Å². The lowest BCUT2D eigenvalue weighted by Gasteiger charge is -2.22. The molecule has 0 spiro atoms. The number of benzene rings is 3. The van der Waals surface area contributed by atoms with Gasteiger partial charge in [-0.3, -0.25) is 76.7 Å². The SMILES string of the molecule is C=CC1=C(C)c2cc3[nH]c(cc4nc(cc5[nH]c(cc1n2)c(C)c5C=C)C(C)=C4CCC(=O)O)c(CCC(=O)Nc1cc(C(=O)Nc2cc(C(=O)N(CC(=O)O)CC(=O)O)cc(C(=O)N(CC(=O)O)CC(=O)O)c2)cc(C(=O)Nc2cc(C(=O)N(CC(=O)O)CC(=O)O)cc(C(=O)N(CC(=O)O)CC(=O)O)c2)c1)c3C. The Labute approximate surface area is 620 Å². The van der Waals surface area contributed by atoms with Gasteiger partial charge in [-0.05, 0) is 153 Å². The number of hydrogen-bond acceptors (Lipinski definition) is 18. The maximum atomic E-state index is 14.9. The number of H-pyrrole nitrogens is 2. The zero-order valence-electron chi connectivity index (χ0n) is 58.8. The summed E-state index contributed by atoms with van der Waals surface area (Å²) in [6.45, 7) is 5.35. The van der Waals surface area contributed by atoms with Crippen LogP contribution in [0, 0.1) is 13.8 Å². The number of fused-ring (bicyclic) bond motifs is 8. The van der Waals surface area contributed by atoms with E-state index in [0.29, 0.717) is 67.1 Å². The summed E-state index contributed by atoms with van der Waals surface area (Å²) in [6.07, 6.45) is 2.62. The number of nitrogens with one attached hydrogen (secondary N) is 5. The summed E-state index contributed by atoms with van der Waals surface area (Å²) in [4.78, 5) is 226. The molecule has 36 nitrogen and oxygen atoms in total. The Balaban J connectivity index is 1.29. The molecule has 0 unspecified atom stereocenters. The minimum atomic E-state index is -1.72. The molecule has 2 aliphatic heterocycles. The van der Waals surface area contributed by atoms with Crippen molar-refractivity contribution in [1.29, 1.82) is 0 Å². The molecule has 0 radical (unpaired) electrons. The van der Waals surface area contributed by atoms with E-state index in [2.05, 4.69) is 39.1 Å². The predicted octanol–water partition coefficient (Wildman–Crippen LogP) is 6.01. The third kappa shape index (κ3) is 20.0. The van der Waals surface area contributed by atoms with Gasteiger partial charge < -0.3 is 91.5 Å². The van der Waals surface area contributed by atoms with Crippen molar-refractivity contribution in [3.63, 3.8) is 0 Å². The molecule has 8 bridgehead atoms. The first-order chi connectivity index (χ1) is 51.8. The minimum absolute atomic E-state index is 0.0508. The van der Waals surface area contributed by atoms with E-state index in [9.17, 15) is 123 Å². The topological polar surface area (TPSA) is 562 Å². The lowest BCUT2D eigenvalue weighted by atomic mass is 10.00. The number of carbonyl (C=O) groups is 16. The highest BCUT2D eigenvalue weighted by molar-refractivity contribution is 6.13. The van der Waals surface area contributed by atoms with Crippen molar-refractivity contribution in [3.05, 3.63) is 177 Å². The lowest BCUT2D eigenvalue weighted by molar-refractivity contribution is -0.142. The maximum Gasteiger partial charge on any atom is 0.323 e. The highest BCUT2D eigenvalue weighted by atomic mass is 16.4. The van der Waals surface area contributed by atoms with Gasteiger partial charge in [-0.2, -0.15) is 0 Å². The summed E-state index contributed by atoms with van der Waals surface area (Å²) in [6, 6.07) is 14.7. The molecule has 6 aromatic rings. The summed E-state index contributed by atoms with van der Waals surface area (Å²) in [5, 5.41) is 94.2. The van der Waals surface area contributed by atoms with E-state index in [0.717, 1.165) is 76.9 Å². The first-order valence-corrected chi connectivity index (χ1v) is 32.7. The number of allylic oxidation sites excluding steroid dienone is 5. The van der Waals surface area contributed by atoms with Crippen molar-refractivity contribution in [1.82, 2.24) is 39.5 Å². The molecular weight excluding hydrogens is 1440 g/mol. The molecule has 110 heavy (non-hydrogen) atoms. The minimum Gasteiger partial charge on any atom is -0.481 e. The Kier molecular flexibility index (Phi) is 25.3. The zero-order chi connectivity index (χ0) is 81.0. The van der Waals surface area contributed by atoms with Gasteiger partial charge in [0.05, 0.1) is 22.8 Å². The van der Waals surface area contributed by atoms with Gasteiger partial charge >= 0.3 is 53.7 Å². The van der Waals surface area contributed by atoms with Crippen molar-refractivity contribution in [2.24, 2.45) is 0 Å². The Bertz CT molecular complexity index is 4880. The molecule has 0 atom stereocenters. The van der Waals surface area contributed by atoms with Crippen LogP contribution >= 0.6 is 0 Å². The van der Waals surface area contributed by atoms with Gasteiger partial charge in [-0.1, -0.05) is 25.3 Å². The van der Waals surface area contributed by atoms with E-state index in [4.69, 9.17) is 9.97 Å². The van der Waals surface area contributed by atoms with Crippen LogP contribution in [0.5, 0.6) is 0 Å². The fraction of sp³-hybridized carbons (Fsp3) is 0.216. The molecule has 0 saturated carbocycles. The Morgan fingerprint density at radius 1 is 0.364 bits per heavy atom. The number of aryl methyl sites for hydroxylation is 3. The third-order valence-corrected chi connectivity index (χ3v) is 17.1. The Morgan fingerprint density at radius 3 is 1.09 bits per heavy atom. The first kappa shape index (κ1) is 80.9. The number of aliphatic carboxylic acids is 9. The second-order valence-corrected chi connectivity index (χ2v) is 25.0. The second-order valence-electron chi connectivity index (χ2n) is 25.0. The van der Waals surface area contributed by atoms with Crippen molar-refractivity contribution in [2.75, 3.05) is 68.3 Å². The number of amides is 7. The average molecular weight is 1510 g/mol. The molecule has 0 saturated heterocycles. The monoisotopic (exact) mass is 1510 g/mol. The largest absolute Gasteiger partial charge is 0.481 e. The van der Waals surface area contributed by atoms with Crippen molar-refractivity contribution in [2.45, 2.75) is 53.4 Å². The number of carboxylic acid groups (broad SMARTS) is 9. The van der Waals surface area contributed by atoms with Gasteiger partial charge in [0.15, 0.2) is 0 Å². The summed E-state index contributed by atoms with van der Waals surface area (Å²) in [5.41, 5.74) is 4.00. The quantitative estimate of drug-likeness (QED) is 0.0224. The van der Waals surface area contributed by atoms with Gasteiger partial charge in [-0.15, -0.1) is 0 Å². The summed E-state index contributed by atoms with van der Waals surface area (Å²) < 4.78 is 0. The first-order valence-electron chi connectivity index (χ1n) is 32.7. The average Bonchev–Trinajstić information content (AvgIpc) is 1.57. The van der Waals surface area contributed by atoms with Crippen LogP contribution in [0.4, 0.5) is 17.1 Å². The van der Waals surface area contributed by atoms with E-state index in [-0.39, 0.29) is 44.5 Å². The van der Waals surface area contributed by atoms with Gasteiger partial charge in [0.1, 0.15) is 52.4 Å². The Hall–Kier alpha value is -14.7. The highest BCUT2D eigenvalue weighted by Crippen LogP contribution is 2.37. The molecule has 2 aliphatic rings. The Morgan fingerprint density at radius 2 is 0.700 bits per heavy atom. The molecule has 3 aromatic heterocycles. The van der Waals surface area contributed by atoms with Crippen LogP contribution < -0.4 is 16.0 Å². The van der Waals surface area contributed by atoms with Crippen LogP contribution in [0.1, 0.15) is 140 Å². The molecule has 36 heteroatoms.